The Labute approximate surface area is 114 Å². The van der Waals surface area contributed by atoms with E-state index >= 15 is 0 Å². The van der Waals surface area contributed by atoms with Gasteiger partial charge in [0.1, 0.15) is 11.6 Å². The lowest BCUT2D eigenvalue weighted by Gasteiger charge is -2.13. The summed E-state index contributed by atoms with van der Waals surface area (Å²) in [6.45, 7) is 0.216. The number of nitrogens with one attached hydrogen (secondary N) is 1. The van der Waals surface area contributed by atoms with Gasteiger partial charge in [0.05, 0.1) is 11.1 Å². The predicted molar refractivity (Wildman–Crippen MR) is 71.3 cm³/mol. The van der Waals surface area contributed by atoms with E-state index in [1.54, 1.807) is 0 Å². The zero-order chi connectivity index (χ0) is 13.8. The highest BCUT2D eigenvalue weighted by atomic mass is 35.5. The molecule has 0 spiro atoms. The zero-order valence-electron chi connectivity index (χ0n) is 9.91. The molecule has 0 radical (unpaired) electrons. The summed E-state index contributed by atoms with van der Waals surface area (Å²) >= 11 is 5.64. The highest BCUT2D eigenvalue weighted by Gasteiger charge is 2.08. The minimum Gasteiger partial charge on any atom is -0.387 e. The van der Waals surface area contributed by atoms with Crippen LogP contribution in [-0.4, -0.2) is 11.7 Å². The van der Waals surface area contributed by atoms with Gasteiger partial charge in [-0.2, -0.15) is 0 Å². The van der Waals surface area contributed by atoms with Crippen molar-refractivity contribution in [2.75, 3.05) is 11.9 Å². The maximum atomic E-state index is 13.0. The number of halogens is 3. The van der Waals surface area contributed by atoms with Crippen molar-refractivity contribution in [2.45, 2.75) is 6.10 Å². The zero-order valence-corrected chi connectivity index (χ0v) is 10.7. The van der Waals surface area contributed by atoms with E-state index in [4.69, 9.17) is 11.6 Å². The molecule has 2 rings (SSSR count). The standard InChI is InChI=1S/C14H12ClF2NO/c15-12-7-11(5-6-13(12)17)18-8-14(19)9-1-3-10(16)4-2-9/h1-7,14,18-19H,8H2. The van der Waals surface area contributed by atoms with Crippen LogP contribution >= 0.6 is 11.6 Å². The molecule has 19 heavy (non-hydrogen) atoms. The summed E-state index contributed by atoms with van der Waals surface area (Å²) in [5.41, 5.74) is 1.20. The Hall–Kier alpha value is -1.65. The summed E-state index contributed by atoms with van der Waals surface area (Å²) in [5, 5.41) is 12.9. The highest BCUT2D eigenvalue weighted by molar-refractivity contribution is 6.31. The van der Waals surface area contributed by atoms with E-state index in [0.717, 1.165) is 0 Å². The van der Waals surface area contributed by atoms with Crippen molar-refractivity contribution in [3.63, 3.8) is 0 Å². The van der Waals surface area contributed by atoms with Crippen molar-refractivity contribution in [1.29, 1.82) is 0 Å². The van der Waals surface area contributed by atoms with Gasteiger partial charge >= 0.3 is 0 Å². The molecule has 0 fully saturated rings. The summed E-state index contributed by atoms with van der Waals surface area (Å²) in [4.78, 5) is 0. The SMILES string of the molecule is OC(CNc1ccc(F)c(Cl)c1)c1ccc(F)cc1. The number of benzene rings is 2. The molecule has 0 aromatic heterocycles. The molecule has 0 heterocycles. The second kappa shape index (κ2) is 5.99. The van der Waals surface area contributed by atoms with Crippen LogP contribution in [0.15, 0.2) is 42.5 Å². The van der Waals surface area contributed by atoms with E-state index in [1.165, 1.54) is 42.5 Å². The van der Waals surface area contributed by atoms with Gasteiger partial charge < -0.3 is 10.4 Å². The van der Waals surface area contributed by atoms with Gasteiger partial charge in [-0.15, -0.1) is 0 Å². The van der Waals surface area contributed by atoms with Gasteiger partial charge in [-0.05, 0) is 35.9 Å². The van der Waals surface area contributed by atoms with Gasteiger partial charge in [-0.3, -0.25) is 0 Å². The van der Waals surface area contributed by atoms with Crippen LogP contribution in [0, 0.1) is 11.6 Å². The first-order valence-electron chi connectivity index (χ1n) is 5.69. The molecule has 0 saturated carbocycles. The smallest absolute Gasteiger partial charge is 0.141 e. The Kier molecular flexibility index (Phi) is 4.35. The fourth-order valence-electron chi connectivity index (χ4n) is 1.62. The molecule has 5 heteroatoms. The molecule has 0 aliphatic carbocycles. The quantitative estimate of drug-likeness (QED) is 0.895. The third-order valence-corrected chi connectivity index (χ3v) is 2.96. The fraction of sp³-hybridized carbons (Fsp3) is 0.143. The average molecular weight is 284 g/mol. The summed E-state index contributed by atoms with van der Waals surface area (Å²) in [7, 11) is 0. The minimum atomic E-state index is -0.788. The number of anilines is 1. The first kappa shape index (κ1) is 13.8. The van der Waals surface area contributed by atoms with E-state index in [2.05, 4.69) is 5.32 Å². The maximum Gasteiger partial charge on any atom is 0.141 e. The number of rotatable bonds is 4. The van der Waals surface area contributed by atoms with Crippen molar-refractivity contribution >= 4 is 17.3 Å². The Bertz CT molecular complexity index is 560. The monoisotopic (exact) mass is 283 g/mol. The average Bonchev–Trinajstić information content (AvgIpc) is 2.40. The molecule has 0 saturated heterocycles. The van der Waals surface area contributed by atoms with Crippen LogP contribution in [-0.2, 0) is 0 Å². The molecular formula is C14H12ClF2NO. The molecule has 0 aliphatic rings. The molecule has 0 aliphatic heterocycles. The summed E-state index contributed by atoms with van der Waals surface area (Å²) in [5.74, 6) is -0.847. The minimum absolute atomic E-state index is 0.0151. The van der Waals surface area contributed by atoms with Crippen molar-refractivity contribution in [3.05, 3.63) is 64.7 Å². The van der Waals surface area contributed by atoms with Crippen LogP contribution in [0.1, 0.15) is 11.7 Å². The second-order valence-corrected chi connectivity index (χ2v) is 4.48. The number of aliphatic hydroxyl groups excluding tert-OH is 1. The molecule has 1 atom stereocenters. The van der Waals surface area contributed by atoms with Crippen LogP contribution in [0.5, 0.6) is 0 Å². The first-order chi connectivity index (χ1) is 9.06. The Morgan fingerprint density at radius 1 is 1.11 bits per heavy atom. The fourth-order valence-corrected chi connectivity index (χ4v) is 1.80. The lowest BCUT2D eigenvalue weighted by molar-refractivity contribution is 0.191. The molecule has 0 bridgehead atoms. The van der Waals surface area contributed by atoms with Crippen LogP contribution in [0.25, 0.3) is 0 Å². The third-order valence-electron chi connectivity index (χ3n) is 2.67. The Morgan fingerprint density at radius 3 is 2.42 bits per heavy atom. The third kappa shape index (κ3) is 3.66. The van der Waals surface area contributed by atoms with Crippen LogP contribution in [0.2, 0.25) is 5.02 Å². The highest BCUT2D eigenvalue weighted by Crippen LogP contribution is 2.20. The van der Waals surface area contributed by atoms with Gasteiger partial charge in [0.25, 0.3) is 0 Å². The largest absolute Gasteiger partial charge is 0.387 e. The molecule has 100 valence electrons. The molecular weight excluding hydrogens is 272 g/mol. The lowest BCUT2D eigenvalue weighted by Crippen LogP contribution is -2.12. The van der Waals surface area contributed by atoms with Crippen molar-refractivity contribution in [1.82, 2.24) is 0 Å². The second-order valence-electron chi connectivity index (χ2n) is 4.08. The Balaban J connectivity index is 1.98. The maximum absolute atomic E-state index is 13.0. The van der Waals surface area contributed by atoms with Gasteiger partial charge in [0.15, 0.2) is 0 Å². The predicted octanol–water partition coefficient (Wildman–Crippen LogP) is 3.76. The number of hydrogen-bond donors (Lipinski definition) is 2. The summed E-state index contributed by atoms with van der Waals surface area (Å²) in [6, 6.07) is 9.81. The first-order valence-corrected chi connectivity index (χ1v) is 6.06. The molecule has 2 aromatic rings. The topological polar surface area (TPSA) is 32.3 Å². The van der Waals surface area contributed by atoms with E-state index in [-0.39, 0.29) is 17.4 Å². The van der Waals surface area contributed by atoms with E-state index in [9.17, 15) is 13.9 Å². The molecule has 1 unspecified atom stereocenters. The van der Waals surface area contributed by atoms with Gasteiger partial charge in [0, 0.05) is 12.2 Å². The van der Waals surface area contributed by atoms with Crippen LogP contribution in [0.4, 0.5) is 14.5 Å². The van der Waals surface area contributed by atoms with Crippen LogP contribution in [0.3, 0.4) is 0 Å². The van der Waals surface area contributed by atoms with Crippen molar-refractivity contribution in [2.24, 2.45) is 0 Å². The molecule has 2 N–H and O–H groups in total. The molecule has 2 aromatic carbocycles. The van der Waals surface area contributed by atoms with Gasteiger partial charge in [0.2, 0.25) is 0 Å². The molecule has 0 amide bonds. The Morgan fingerprint density at radius 2 is 1.79 bits per heavy atom. The van der Waals surface area contributed by atoms with Gasteiger partial charge in [-0.25, -0.2) is 8.78 Å². The van der Waals surface area contributed by atoms with E-state index < -0.39 is 11.9 Å². The number of hydrogen-bond acceptors (Lipinski definition) is 2. The van der Waals surface area contributed by atoms with Crippen molar-refractivity contribution in [3.8, 4) is 0 Å². The summed E-state index contributed by atoms with van der Waals surface area (Å²) < 4.78 is 25.7. The van der Waals surface area contributed by atoms with E-state index in [1.807, 2.05) is 0 Å². The van der Waals surface area contributed by atoms with Crippen LogP contribution < -0.4 is 5.32 Å². The van der Waals surface area contributed by atoms with E-state index in [0.29, 0.717) is 11.3 Å². The summed E-state index contributed by atoms with van der Waals surface area (Å²) in [6.07, 6.45) is -0.788. The molecule has 2 nitrogen and oxygen atoms in total. The lowest BCUT2D eigenvalue weighted by atomic mass is 10.1. The van der Waals surface area contributed by atoms with Gasteiger partial charge in [-0.1, -0.05) is 23.7 Å². The normalized spacial score (nSPS) is 12.2. The number of aliphatic hydroxyl groups is 1. The van der Waals surface area contributed by atoms with Crippen molar-refractivity contribution < 1.29 is 13.9 Å².